The summed E-state index contributed by atoms with van der Waals surface area (Å²) in [5.41, 5.74) is 1.69. The van der Waals surface area contributed by atoms with Gasteiger partial charge in [-0.15, -0.1) is 0 Å². The van der Waals surface area contributed by atoms with Gasteiger partial charge in [-0.1, -0.05) is 53.6 Å². The number of aliphatic hydroxyl groups is 1. The molecule has 0 saturated heterocycles. The number of hydrogen-bond acceptors (Lipinski definition) is 5. The minimum absolute atomic E-state index is 0.0724. The molecular weight excluding hydrogens is 368 g/mol. The van der Waals surface area contributed by atoms with Crippen molar-refractivity contribution in [2.45, 2.75) is 53.1 Å². The number of hydrogen-bond donors (Lipinski definition) is 1. The van der Waals surface area contributed by atoms with Gasteiger partial charge in [0, 0.05) is 0 Å². The molecule has 1 N–H and O–H groups in total. The van der Waals surface area contributed by atoms with E-state index in [1.165, 1.54) is 0 Å². The van der Waals surface area contributed by atoms with Gasteiger partial charge >= 0.3 is 11.9 Å². The van der Waals surface area contributed by atoms with Crippen molar-refractivity contribution >= 4 is 11.9 Å². The van der Waals surface area contributed by atoms with E-state index >= 15 is 0 Å². The van der Waals surface area contributed by atoms with Gasteiger partial charge in [-0.2, -0.15) is 0 Å². The van der Waals surface area contributed by atoms with Crippen LogP contribution in [0.3, 0.4) is 0 Å². The Bertz CT molecular complexity index is 741. The highest BCUT2D eigenvalue weighted by Crippen LogP contribution is 2.49. The van der Waals surface area contributed by atoms with Crippen LogP contribution in [0.5, 0.6) is 0 Å². The zero-order valence-electron chi connectivity index (χ0n) is 17.8. The minimum Gasteiger partial charge on any atom is -0.465 e. The van der Waals surface area contributed by atoms with Crippen molar-refractivity contribution in [2.75, 3.05) is 13.2 Å². The predicted molar refractivity (Wildman–Crippen MR) is 112 cm³/mol. The smallest absolute Gasteiger partial charge is 0.323 e. The molecule has 0 aromatic heterocycles. The first-order valence-electron chi connectivity index (χ1n) is 10.3. The maximum Gasteiger partial charge on any atom is 0.323 e. The summed E-state index contributed by atoms with van der Waals surface area (Å²) < 4.78 is 10.5. The van der Waals surface area contributed by atoms with E-state index in [0.29, 0.717) is 19.3 Å². The van der Waals surface area contributed by atoms with E-state index in [9.17, 15) is 14.7 Å². The van der Waals surface area contributed by atoms with E-state index in [1.807, 2.05) is 56.3 Å². The second-order valence-corrected chi connectivity index (χ2v) is 7.63. The first kappa shape index (κ1) is 22.9. The number of benzene rings is 1. The van der Waals surface area contributed by atoms with E-state index in [-0.39, 0.29) is 19.1 Å². The molecule has 0 bridgehead atoms. The molecule has 1 fully saturated rings. The number of carbonyl (C=O) groups excluding carboxylic acids is 2. The highest BCUT2D eigenvalue weighted by atomic mass is 16.6. The highest BCUT2D eigenvalue weighted by molar-refractivity contribution is 6.01. The van der Waals surface area contributed by atoms with Gasteiger partial charge in [0.15, 0.2) is 5.41 Å². The standard InChI is InChI=1S/C24H32O5/c1-5-28-22(26)24(23(27)29-6-2)15-19(20(16-24)17(3)4)13-10-14-21(25)18-11-8-7-9-12-18/h7-13,19,21,25H,5-6,14-16H2,1-4H3/b13-10+/t19-,21+/m1/s1. The van der Waals surface area contributed by atoms with Crippen molar-refractivity contribution < 1.29 is 24.2 Å². The molecule has 0 radical (unpaired) electrons. The molecule has 158 valence electrons. The van der Waals surface area contributed by atoms with Crippen molar-refractivity contribution in [3.63, 3.8) is 0 Å². The van der Waals surface area contributed by atoms with Gasteiger partial charge in [0.1, 0.15) is 0 Å². The summed E-state index contributed by atoms with van der Waals surface area (Å²) in [6, 6.07) is 9.49. The molecule has 1 aromatic carbocycles. The lowest BCUT2D eigenvalue weighted by molar-refractivity contribution is -0.171. The summed E-state index contributed by atoms with van der Waals surface area (Å²) in [7, 11) is 0. The molecule has 2 rings (SSSR count). The number of ether oxygens (including phenoxy) is 2. The molecule has 5 nitrogen and oxygen atoms in total. The fourth-order valence-corrected chi connectivity index (χ4v) is 3.87. The normalized spacial score (nSPS) is 19.2. The quantitative estimate of drug-likeness (QED) is 0.394. The SMILES string of the molecule is CCOC(=O)C1(C(=O)OCC)CC(=C(C)C)[C@H](/C=C/C[C@H](O)c2ccccc2)C1. The van der Waals surface area contributed by atoms with E-state index in [1.54, 1.807) is 13.8 Å². The van der Waals surface area contributed by atoms with E-state index in [4.69, 9.17) is 9.47 Å². The lowest BCUT2D eigenvalue weighted by Crippen LogP contribution is -2.40. The van der Waals surface area contributed by atoms with Crippen LogP contribution in [-0.4, -0.2) is 30.3 Å². The van der Waals surface area contributed by atoms with Crippen molar-refractivity contribution in [2.24, 2.45) is 11.3 Å². The number of carbonyl (C=O) groups is 2. The van der Waals surface area contributed by atoms with Gasteiger partial charge in [-0.25, -0.2) is 0 Å². The van der Waals surface area contributed by atoms with Crippen LogP contribution in [0, 0.1) is 11.3 Å². The van der Waals surface area contributed by atoms with Crippen LogP contribution >= 0.6 is 0 Å². The Morgan fingerprint density at radius 1 is 1.14 bits per heavy atom. The summed E-state index contributed by atoms with van der Waals surface area (Å²) >= 11 is 0. The summed E-state index contributed by atoms with van der Waals surface area (Å²) in [5.74, 6) is -1.10. The van der Waals surface area contributed by atoms with Crippen molar-refractivity contribution in [1.82, 2.24) is 0 Å². The Kier molecular flexibility index (Phi) is 8.21. The van der Waals surface area contributed by atoms with Crippen molar-refractivity contribution in [1.29, 1.82) is 0 Å². The molecule has 0 unspecified atom stereocenters. The van der Waals surface area contributed by atoms with E-state index in [0.717, 1.165) is 16.7 Å². The molecule has 0 amide bonds. The fraction of sp³-hybridized carbons (Fsp3) is 0.500. The molecule has 29 heavy (non-hydrogen) atoms. The maximum atomic E-state index is 12.8. The molecule has 1 aromatic rings. The van der Waals surface area contributed by atoms with Crippen LogP contribution in [0.4, 0.5) is 0 Å². The molecule has 0 heterocycles. The molecule has 1 aliphatic rings. The monoisotopic (exact) mass is 400 g/mol. The fourth-order valence-electron chi connectivity index (χ4n) is 3.87. The van der Waals surface area contributed by atoms with Gasteiger partial charge in [-0.3, -0.25) is 9.59 Å². The first-order valence-corrected chi connectivity index (χ1v) is 10.3. The first-order chi connectivity index (χ1) is 13.9. The lowest BCUT2D eigenvalue weighted by Gasteiger charge is -2.24. The van der Waals surface area contributed by atoms with Crippen LogP contribution in [0.25, 0.3) is 0 Å². The Morgan fingerprint density at radius 2 is 1.72 bits per heavy atom. The average molecular weight is 401 g/mol. The summed E-state index contributed by atoms with van der Waals surface area (Å²) in [5, 5.41) is 10.4. The summed E-state index contributed by atoms with van der Waals surface area (Å²) in [4.78, 5) is 25.5. The highest BCUT2D eigenvalue weighted by Gasteiger charge is 2.55. The zero-order chi connectivity index (χ0) is 21.4. The maximum absolute atomic E-state index is 12.8. The Morgan fingerprint density at radius 3 is 2.24 bits per heavy atom. The topological polar surface area (TPSA) is 72.8 Å². The second kappa shape index (κ2) is 10.4. The number of esters is 2. The molecule has 0 aliphatic heterocycles. The van der Waals surface area contributed by atoms with Gasteiger partial charge in [0.2, 0.25) is 0 Å². The van der Waals surface area contributed by atoms with Crippen LogP contribution in [0.15, 0.2) is 53.6 Å². The third-order valence-electron chi connectivity index (χ3n) is 5.39. The Labute approximate surface area is 173 Å². The van der Waals surface area contributed by atoms with Crippen molar-refractivity contribution in [3.8, 4) is 0 Å². The van der Waals surface area contributed by atoms with Gasteiger partial charge < -0.3 is 14.6 Å². The predicted octanol–water partition coefficient (Wildman–Crippen LogP) is 4.53. The van der Waals surface area contributed by atoms with Crippen molar-refractivity contribution in [3.05, 3.63) is 59.2 Å². The van der Waals surface area contributed by atoms with Crippen LogP contribution in [0.1, 0.15) is 58.6 Å². The Balaban J connectivity index is 2.23. The number of rotatable bonds is 8. The summed E-state index contributed by atoms with van der Waals surface area (Å²) in [6.45, 7) is 7.87. The molecule has 0 spiro atoms. The van der Waals surface area contributed by atoms with Gasteiger partial charge in [-0.05, 0) is 58.4 Å². The lowest BCUT2D eigenvalue weighted by atomic mass is 9.85. The van der Waals surface area contributed by atoms with Gasteiger partial charge in [0.05, 0.1) is 19.3 Å². The second-order valence-electron chi connectivity index (χ2n) is 7.63. The minimum atomic E-state index is -1.30. The average Bonchev–Trinajstić information content (AvgIpc) is 3.10. The molecule has 1 aliphatic carbocycles. The Hall–Kier alpha value is -2.40. The number of allylic oxidation sites excluding steroid dienone is 3. The van der Waals surface area contributed by atoms with E-state index in [2.05, 4.69) is 0 Å². The van der Waals surface area contributed by atoms with Crippen LogP contribution in [0.2, 0.25) is 0 Å². The van der Waals surface area contributed by atoms with Crippen LogP contribution in [-0.2, 0) is 19.1 Å². The summed E-state index contributed by atoms with van der Waals surface area (Å²) in [6.07, 6.45) is 4.42. The largest absolute Gasteiger partial charge is 0.465 e. The molecule has 1 saturated carbocycles. The molecule has 2 atom stereocenters. The third-order valence-corrected chi connectivity index (χ3v) is 5.39. The van der Waals surface area contributed by atoms with E-state index < -0.39 is 23.5 Å². The third kappa shape index (κ3) is 5.36. The zero-order valence-corrected chi connectivity index (χ0v) is 17.8. The van der Waals surface area contributed by atoms with Crippen LogP contribution < -0.4 is 0 Å². The molecular formula is C24H32O5. The number of aliphatic hydroxyl groups excluding tert-OH is 1. The molecule has 5 heteroatoms. The van der Waals surface area contributed by atoms with Gasteiger partial charge in [0.25, 0.3) is 0 Å².